The Labute approximate surface area is 193 Å². The van der Waals surface area contributed by atoms with Crippen LogP contribution in [0.1, 0.15) is 16.8 Å². The summed E-state index contributed by atoms with van der Waals surface area (Å²) < 4.78 is 0. The third-order valence-corrected chi connectivity index (χ3v) is 5.30. The van der Waals surface area contributed by atoms with Gasteiger partial charge in [0.1, 0.15) is 5.75 Å². The Morgan fingerprint density at radius 1 is 0.909 bits per heavy atom. The minimum atomic E-state index is -0.188. The minimum absolute atomic E-state index is 0.171. The summed E-state index contributed by atoms with van der Waals surface area (Å²) in [5.74, 6) is 0.438. The maximum Gasteiger partial charge on any atom is 0.229 e. The normalized spacial score (nSPS) is 10.6. The van der Waals surface area contributed by atoms with E-state index in [1.165, 1.54) is 0 Å². The van der Waals surface area contributed by atoms with Crippen molar-refractivity contribution in [1.82, 2.24) is 9.97 Å². The lowest BCUT2D eigenvalue weighted by molar-refractivity contribution is -0.115. The molecule has 2 N–H and O–H groups in total. The van der Waals surface area contributed by atoms with Crippen LogP contribution >= 0.6 is 0 Å². The molecule has 1 aromatic heterocycles. The molecule has 0 unspecified atom stereocenters. The van der Waals surface area contributed by atoms with Crippen LogP contribution in [0.4, 0.5) is 11.5 Å². The molecule has 0 saturated heterocycles. The van der Waals surface area contributed by atoms with Crippen LogP contribution in [0, 0.1) is 0 Å². The summed E-state index contributed by atoms with van der Waals surface area (Å²) in [5, 5.41) is 12.4. The Balaban J connectivity index is 1.60. The molecule has 6 nitrogen and oxygen atoms in total. The van der Waals surface area contributed by atoms with Crippen LogP contribution in [0.15, 0.2) is 85.1 Å². The van der Waals surface area contributed by atoms with E-state index in [1.54, 1.807) is 30.5 Å². The second kappa shape index (κ2) is 9.96. The predicted molar refractivity (Wildman–Crippen MR) is 131 cm³/mol. The van der Waals surface area contributed by atoms with Gasteiger partial charge in [-0.2, -0.15) is 0 Å². The quantitative estimate of drug-likeness (QED) is 0.438. The van der Waals surface area contributed by atoms with Gasteiger partial charge in [0.05, 0.1) is 24.0 Å². The fourth-order valence-corrected chi connectivity index (χ4v) is 3.49. The SMILES string of the molecule is CN(C)c1ccc(-c2cnc(NC(=O)Cc3ccc(O)cc3)c(Cc3ccccc3)n2)cc1. The lowest BCUT2D eigenvalue weighted by Gasteiger charge is -2.14. The molecule has 3 aromatic carbocycles. The first-order valence-electron chi connectivity index (χ1n) is 10.7. The molecule has 0 radical (unpaired) electrons. The number of benzene rings is 3. The summed E-state index contributed by atoms with van der Waals surface area (Å²) in [7, 11) is 4.00. The zero-order chi connectivity index (χ0) is 23.2. The van der Waals surface area contributed by atoms with Gasteiger partial charge in [0, 0.05) is 31.8 Å². The van der Waals surface area contributed by atoms with Gasteiger partial charge >= 0.3 is 0 Å². The number of carbonyl (C=O) groups excluding carboxylic acids is 1. The van der Waals surface area contributed by atoms with Crippen LogP contribution in [-0.4, -0.2) is 35.1 Å². The molecule has 4 rings (SSSR count). The van der Waals surface area contributed by atoms with Gasteiger partial charge in [-0.15, -0.1) is 0 Å². The molecule has 0 aliphatic carbocycles. The average molecular weight is 439 g/mol. The summed E-state index contributed by atoms with van der Waals surface area (Å²) >= 11 is 0. The number of nitrogens with zero attached hydrogens (tertiary/aromatic N) is 3. The molecule has 0 aliphatic heterocycles. The van der Waals surface area contributed by atoms with Crippen LogP contribution in [0.3, 0.4) is 0 Å². The highest BCUT2D eigenvalue weighted by molar-refractivity contribution is 5.92. The average Bonchev–Trinajstić information content (AvgIpc) is 2.82. The number of rotatable bonds is 7. The fourth-order valence-electron chi connectivity index (χ4n) is 3.49. The van der Waals surface area contributed by atoms with E-state index in [2.05, 4.69) is 10.3 Å². The lowest BCUT2D eigenvalue weighted by Crippen LogP contribution is -2.17. The summed E-state index contributed by atoms with van der Waals surface area (Å²) in [4.78, 5) is 24.1. The Kier molecular flexibility index (Phi) is 6.64. The number of aromatic nitrogens is 2. The van der Waals surface area contributed by atoms with Gasteiger partial charge in [-0.3, -0.25) is 4.79 Å². The van der Waals surface area contributed by atoms with Gasteiger partial charge in [-0.05, 0) is 35.4 Å². The largest absolute Gasteiger partial charge is 0.508 e. The number of phenolic OH excluding ortho intramolecular Hbond substituents is 1. The molecule has 0 fully saturated rings. The van der Waals surface area contributed by atoms with E-state index in [1.807, 2.05) is 73.6 Å². The van der Waals surface area contributed by atoms with Crippen molar-refractivity contribution in [3.63, 3.8) is 0 Å². The zero-order valence-corrected chi connectivity index (χ0v) is 18.7. The van der Waals surface area contributed by atoms with E-state index < -0.39 is 0 Å². The van der Waals surface area contributed by atoms with E-state index in [-0.39, 0.29) is 18.1 Å². The number of hydrogen-bond acceptors (Lipinski definition) is 5. The first kappa shape index (κ1) is 22.0. The topological polar surface area (TPSA) is 78.4 Å². The first-order chi connectivity index (χ1) is 16.0. The number of aromatic hydroxyl groups is 1. The van der Waals surface area contributed by atoms with Crippen molar-refractivity contribution in [3.05, 3.63) is 102 Å². The number of amides is 1. The molecule has 0 aliphatic rings. The van der Waals surface area contributed by atoms with Crippen LogP contribution in [0.25, 0.3) is 11.3 Å². The number of hydrogen-bond donors (Lipinski definition) is 2. The van der Waals surface area contributed by atoms with E-state index in [9.17, 15) is 9.90 Å². The van der Waals surface area contributed by atoms with Gasteiger partial charge in [-0.25, -0.2) is 9.97 Å². The van der Waals surface area contributed by atoms with Gasteiger partial charge in [-0.1, -0.05) is 54.6 Å². The number of anilines is 2. The molecule has 33 heavy (non-hydrogen) atoms. The summed E-state index contributed by atoms with van der Waals surface area (Å²) in [6.07, 6.45) is 2.42. The van der Waals surface area contributed by atoms with Crippen molar-refractivity contribution < 1.29 is 9.90 Å². The number of carbonyl (C=O) groups is 1. The van der Waals surface area contributed by atoms with Crippen molar-refractivity contribution >= 4 is 17.4 Å². The molecular weight excluding hydrogens is 412 g/mol. The smallest absolute Gasteiger partial charge is 0.229 e. The van der Waals surface area contributed by atoms with Crippen molar-refractivity contribution in [2.75, 3.05) is 24.3 Å². The molecule has 6 heteroatoms. The highest BCUT2D eigenvalue weighted by atomic mass is 16.3. The Hall–Kier alpha value is -4.19. The fraction of sp³-hybridized carbons (Fsp3) is 0.148. The Bertz CT molecular complexity index is 1220. The maximum atomic E-state index is 12.7. The molecule has 1 amide bonds. The van der Waals surface area contributed by atoms with Gasteiger partial charge in [0.15, 0.2) is 5.82 Å². The number of phenols is 1. The second-order valence-corrected chi connectivity index (χ2v) is 8.05. The molecule has 0 spiro atoms. The minimum Gasteiger partial charge on any atom is -0.508 e. The van der Waals surface area contributed by atoms with Crippen molar-refractivity contribution in [3.8, 4) is 17.0 Å². The maximum absolute atomic E-state index is 12.7. The molecule has 0 saturated carbocycles. The molecule has 166 valence electrons. The van der Waals surface area contributed by atoms with Crippen molar-refractivity contribution in [1.29, 1.82) is 0 Å². The molecule has 0 atom stereocenters. The summed E-state index contributed by atoms with van der Waals surface area (Å²) in [6, 6.07) is 24.7. The van der Waals surface area contributed by atoms with E-state index in [4.69, 9.17) is 4.98 Å². The van der Waals surface area contributed by atoms with Crippen molar-refractivity contribution in [2.24, 2.45) is 0 Å². The van der Waals surface area contributed by atoms with E-state index in [0.717, 1.165) is 28.1 Å². The van der Waals surface area contributed by atoms with Crippen LogP contribution < -0.4 is 10.2 Å². The third-order valence-electron chi connectivity index (χ3n) is 5.30. The van der Waals surface area contributed by atoms with Crippen molar-refractivity contribution in [2.45, 2.75) is 12.8 Å². The summed E-state index contributed by atoms with van der Waals surface area (Å²) in [6.45, 7) is 0. The van der Waals surface area contributed by atoms with Gasteiger partial charge < -0.3 is 15.3 Å². The highest BCUT2D eigenvalue weighted by Crippen LogP contribution is 2.24. The monoisotopic (exact) mass is 438 g/mol. The highest BCUT2D eigenvalue weighted by Gasteiger charge is 2.14. The Morgan fingerprint density at radius 2 is 1.61 bits per heavy atom. The van der Waals surface area contributed by atoms with Gasteiger partial charge in [0.2, 0.25) is 5.91 Å². The molecule has 0 bridgehead atoms. The van der Waals surface area contributed by atoms with Crippen LogP contribution in [0.2, 0.25) is 0 Å². The van der Waals surface area contributed by atoms with Crippen LogP contribution in [-0.2, 0) is 17.6 Å². The standard InChI is InChI=1S/C27H26N4O2/c1-31(2)22-12-10-21(11-13-22)25-18-28-27(24(29-25)16-19-6-4-3-5-7-19)30-26(33)17-20-8-14-23(32)15-9-20/h3-15,18,32H,16-17H2,1-2H3,(H,28,30,33). The van der Waals surface area contributed by atoms with Crippen LogP contribution in [0.5, 0.6) is 5.75 Å². The van der Waals surface area contributed by atoms with Gasteiger partial charge in [0.25, 0.3) is 0 Å². The summed E-state index contributed by atoms with van der Waals surface area (Å²) in [5.41, 5.74) is 5.41. The molecule has 4 aromatic rings. The zero-order valence-electron chi connectivity index (χ0n) is 18.7. The molecular formula is C27H26N4O2. The van der Waals surface area contributed by atoms with E-state index in [0.29, 0.717) is 17.9 Å². The third kappa shape index (κ3) is 5.74. The van der Waals surface area contributed by atoms with E-state index >= 15 is 0 Å². The Morgan fingerprint density at radius 3 is 2.27 bits per heavy atom. The first-order valence-corrected chi connectivity index (χ1v) is 10.7. The molecule has 1 heterocycles. The second-order valence-electron chi connectivity index (χ2n) is 8.05. The lowest BCUT2D eigenvalue weighted by atomic mass is 10.1. The predicted octanol–water partition coefficient (Wildman–Crippen LogP) is 4.69. The number of nitrogens with one attached hydrogen (secondary N) is 1.